The monoisotopic (exact) mass is 347 g/mol. The van der Waals surface area contributed by atoms with Gasteiger partial charge in [-0.3, -0.25) is 4.90 Å². The van der Waals surface area contributed by atoms with Crippen molar-refractivity contribution >= 4 is 41.8 Å². The third-order valence-electron chi connectivity index (χ3n) is 3.23. The average molecular weight is 348 g/mol. The molecule has 7 heteroatoms. The topological polar surface area (TPSA) is 51.4 Å². The molecule has 1 aliphatic rings. The van der Waals surface area contributed by atoms with Gasteiger partial charge in [0.15, 0.2) is 0 Å². The predicted octanol–water partition coefficient (Wildman–Crippen LogP) is 3.14. The number of nitrogens with two attached hydrogens (primary N) is 1. The fraction of sp³-hybridized carbons (Fsp3) is 0.357. The molecule has 2 heterocycles. The molecule has 4 nitrogen and oxygen atoms in total. The lowest BCUT2D eigenvalue weighted by atomic mass is 10.1. The maximum absolute atomic E-state index is 5.82. The SMILES string of the molecule is Cl.Cl.Nc1cccc(CN2CCOC(c3nccs3)C2)c1. The summed E-state index contributed by atoms with van der Waals surface area (Å²) in [6.07, 6.45) is 1.94. The molecule has 21 heavy (non-hydrogen) atoms. The number of benzene rings is 1. The van der Waals surface area contributed by atoms with Crippen LogP contribution in [0.5, 0.6) is 0 Å². The standard InChI is InChI=1S/C14H17N3OS.2ClH/c15-12-3-1-2-11(8-12)9-17-5-6-18-13(10-17)14-16-4-7-19-14;;/h1-4,7-8,13H,5-6,9-10,15H2;2*1H. The Morgan fingerprint density at radius 2 is 2.24 bits per heavy atom. The highest BCUT2D eigenvalue weighted by molar-refractivity contribution is 7.09. The van der Waals surface area contributed by atoms with Crippen molar-refractivity contribution < 1.29 is 4.74 Å². The van der Waals surface area contributed by atoms with Crippen molar-refractivity contribution in [2.75, 3.05) is 25.4 Å². The molecule has 0 saturated carbocycles. The summed E-state index contributed by atoms with van der Waals surface area (Å²) < 4.78 is 5.80. The Kier molecular flexibility index (Phi) is 7.42. The average Bonchev–Trinajstić information content (AvgIpc) is 2.93. The van der Waals surface area contributed by atoms with Gasteiger partial charge < -0.3 is 10.5 Å². The number of ether oxygens (including phenoxy) is 1. The van der Waals surface area contributed by atoms with Crippen molar-refractivity contribution in [3.8, 4) is 0 Å². The minimum Gasteiger partial charge on any atom is -0.399 e. The molecule has 1 aliphatic heterocycles. The quantitative estimate of drug-likeness (QED) is 0.866. The first kappa shape index (κ1) is 18.2. The molecule has 3 rings (SSSR count). The zero-order valence-corrected chi connectivity index (χ0v) is 13.9. The van der Waals surface area contributed by atoms with Gasteiger partial charge in [-0.05, 0) is 17.7 Å². The summed E-state index contributed by atoms with van der Waals surface area (Å²) in [5, 5.41) is 3.06. The molecule has 0 radical (unpaired) electrons. The van der Waals surface area contributed by atoms with E-state index in [0.717, 1.165) is 36.9 Å². The molecular weight excluding hydrogens is 329 g/mol. The summed E-state index contributed by atoms with van der Waals surface area (Å²) in [7, 11) is 0. The molecule has 1 aromatic carbocycles. The molecule has 0 bridgehead atoms. The number of thiazole rings is 1. The summed E-state index contributed by atoms with van der Waals surface area (Å²) in [6.45, 7) is 3.52. The van der Waals surface area contributed by atoms with Gasteiger partial charge in [-0.1, -0.05) is 12.1 Å². The first-order valence-electron chi connectivity index (χ1n) is 6.39. The van der Waals surface area contributed by atoms with Gasteiger partial charge in [0, 0.05) is 36.9 Å². The van der Waals surface area contributed by atoms with E-state index in [1.807, 2.05) is 29.8 Å². The lowest BCUT2D eigenvalue weighted by Crippen LogP contribution is -2.37. The number of hydrogen-bond donors (Lipinski definition) is 1. The summed E-state index contributed by atoms with van der Waals surface area (Å²) in [6, 6.07) is 8.07. The van der Waals surface area contributed by atoms with Gasteiger partial charge in [-0.2, -0.15) is 0 Å². The third-order valence-corrected chi connectivity index (χ3v) is 4.10. The van der Waals surface area contributed by atoms with Crippen LogP contribution in [-0.2, 0) is 11.3 Å². The van der Waals surface area contributed by atoms with E-state index in [0.29, 0.717) is 0 Å². The van der Waals surface area contributed by atoms with Gasteiger partial charge in [0.2, 0.25) is 0 Å². The van der Waals surface area contributed by atoms with Crippen LogP contribution in [0.25, 0.3) is 0 Å². The van der Waals surface area contributed by atoms with Gasteiger partial charge in [-0.15, -0.1) is 36.2 Å². The molecule has 0 aliphatic carbocycles. The highest BCUT2D eigenvalue weighted by Gasteiger charge is 2.23. The normalized spacial score (nSPS) is 18.6. The van der Waals surface area contributed by atoms with Crippen molar-refractivity contribution in [1.82, 2.24) is 9.88 Å². The fourth-order valence-corrected chi connectivity index (χ4v) is 3.02. The van der Waals surface area contributed by atoms with E-state index < -0.39 is 0 Å². The van der Waals surface area contributed by atoms with E-state index in [1.165, 1.54) is 5.56 Å². The smallest absolute Gasteiger partial charge is 0.123 e. The summed E-state index contributed by atoms with van der Waals surface area (Å²) in [5.41, 5.74) is 7.89. The number of morpholine rings is 1. The summed E-state index contributed by atoms with van der Waals surface area (Å²) in [5.74, 6) is 0. The Morgan fingerprint density at radius 3 is 2.95 bits per heavy atom. The molecule has 0 spiro atoms. The van der Waals surface area contributed by atoms with Crippen molar-refractivity contribution in [2.45, 2.75) is 12.6 Å². The number of anilines is 1. The second kappa shape index (κ2) is 8.56. The van der Waals surface area contributed by atoms with Crippen molar-refractivity contribution in [1.29, 1.82) is 0 Å². The van der Waals surface area contributed by atoms with E-state index >= 15 is 0 Å². The van der Waals surface area contributed by atoms with Crippen LogP contribution in [0.3, 0.4) is 0 Å². The minimum atomic E-state index is 0. The van der Waals surface area contributed by atoms with Gasteiger partial charge in [0.1, 0.15) is 11.1 Å². The Bertz CT molecular complexity index is 539. The van der Waals surface area contributed by atoms with Crippen molar-refractivity contribution in [3.05, 3.63) is 46.4 Å². The van der Waals surface area contributed by atoms with Crippen LogP contribution in [0, 0.1) is 0 Å². The number of aromatic nitrogens is 1. The van der Waals surface area contributed by atoms with Gasteiger partial charge in [0.05, 0.1) is 6.61 Å². The molecule has 116 valence electrons. The van der Waals surface area contributed by atoms with E-state index in [9.17, 15) is 0 Å². The molecule has 1 fully saturated rings. The van der Waals surface area contributed by atoms with Crippen LogP contribution < -0.4 is 5.73 Å². The Morgan fingerprint density at radius 1 is 1.38 bits per heavy atom. The van der Waals surface area contributed by atoms with E-state index in [-0.39, 0.29) is 30.9 Å². The predicted molar refractivity (Wildman–Crippen MR) is 91.4 cm³/mol. The highest BCUT2D eigenvalue weighted by Crippen LogP contribution is 2.24. The first-order chi connectivity index (χ1) is 9.31. The number of hydrogen-bond acceptors (Lipinski definition) is 5. The maximum Gasteiger partial charge on any atom is 0.123 e. The lowest BCUT2D eigenvalue weighted by molar-refractivity contribution is -0.0330. The zero-order chi connectivity index (χ0) is 13.1. The highest BCUT2D eigenvalue weighted by atomic mass is 35.5. The van der Waals surface area contributed by atoms with E-state index in [1.54, 1.807) is 11.3 Å². The second-order valence-electron chi connectivity index (χ2n) is 4.71. The van der Waals surface area contributed by atoms with Crippen LogP contribution in [-0.4, -0.2) is 29.6 Å². The van der Waals surface area contributed by atoms with Crippen molar-refractivity contribution in [3.63, 3.8) is 0 Å². The zero-order valence-electron chi connectivity index (χ0n) is 11.5. The molecule has 1 atom stereocenters. The van der Waals surface area contributed by atoms with Crippen LogP contribution in [0.4, 0.5) is 5.69 Å². The number of nitrogens with zero attached hydrogens (tertiary/aromatic N) is 2. The molecule has 0 amide bonds. The molecule has 1 aromatic heterocycles. The van der Waals surface area contributed by atoms with Gasteiger partial charge in [-0.25, -0.2) is 4.98 Å². The molecule has 2 N–H and O–H groups in total. The largest absolute Gasteiger partial charge is 0.399 e. The molecular formula is C14H19Cl2N3OS. The van der Waals surface area contributed by atoms with Crippen LogP contribution in [0.1, 0.15) is 16.7 Å². The van der Waals surface area contributed by atoms with Crippen molar-refractivity contribution in [2.24, 2.45) is 0 Å². The van der Waals surface area contributed by atoms with E-state index in [4.69, 9.17) is 10.5 Å². The van der Waals surface area contributed by atoms with Crippen LogP contribution in [0.2, 0.25) is 0 Å². The van der Waals surface area contributed by atoms with Gasteiger partial charge >= 0.3 is 0 Å². The maximum atomic E-state index is 5.82. The Labute approximate surface area is 141 Å². The fourth-order valence-electron chi connectivity index (χ4n) is 2.34. The Hall–Kier alpha value is -0.850. The lowest BCUT2D eigenvalue weighted by Gasteiger charge is -2.32. The molecule has 1 saturated heterocycles. The summed E-state index contributed by atoms with van der Waals surface area (Å²) >= 11 is 1.66. The third kappa shape index (κ3) is 4.83. The van der Waals surface area contributed by atoms with Gasteiger partial charge in [0.25, 0.3) is 0 Å². The van der Waals surface area contributed by atoms with E-state index in [2.05, 4.69) is 16.0 Å². The minimum absolute atomic E-state index is 0. The van der Waals surface area contributed by atoms with Crippen LogP contribution in [0.15, 0.2) is 35.8 Å². The first-order valence-corrected chi connectivity index (χ1v) is 7.27. The number of nitrogen functional groups attached to an aromatic ring is 1. The Balaban J connectivity index is 0.00000110. The molecule has 2 aromatic rings. The summed E-state index contributed by atoms with van der Waals surface area (Å²) in [4.78, 5) is 6.74. The number of rotatable bonds is 3. The molecule has 1 unspecified atom stereocenters. The van der Waals surface area contributed by atoms with Crippen LogP contribution >= 0.6 is 36.2 Å². The number of halogens is 2. The second-order valence-corrected chi connectivity index (χ2v) is 5.64.